The molecule has 0 saturated heterocycles. The van der Waals surface area contributed by atoms with Crippen molar-refractivity contribution in [2.75, 3.05) is 11.9 Å². The van der Waals surface area contributed by atoms with Crippen molar-refractivity contribution in [1.29, 1.82) is 0 Å². The molecule has 5 heteroatoms. The zero-order chi connectivity index (χ0) is 15.8. The monoisotopic (exact) mass is 304 g/mol. The summed E-state index contributed by atoms with van der Waals surface area (Å²) < 4.78 is 0. The van der Waals surface area contributed by atoms with E-state index in [1.165, 1.54) is 25.7 Å². The van der Waals surface area contributed by atoms with Gasteiger partial charge in [-0.05, 0) is 30.0 Å². The molecule has 0 radical (unpaired) electrons. The number of carbonyl (C=O) groups is 2. The highest BCUT2D eigenvalue weighted by Crippen LogP contribution is 2.28. The van der Waals surface area contributed by atoms with Gasteiger partial charge in [-0.25, -0.2) is 0 Å². The highest BCUT2D eigenvalue weighted by molar-refractivity contribution is 5.94. The molecule has 1 aromatic rings. The van der Waals surface area contributed by atoms with E-state index in [0.29, 0.717) is 18.0 Å². The maximum atomic E-state index is 11.8. The summed E-state index contributed by atoms with van der Waals surface area (Å²) in [5, 5.41) is 14.4. The SMILES string of the molecule is O=C(CCC1CCCC1)NCC(=O)Nc1cccc(CO)c1. The quantitative estimate of drug-likeness (QED) is 0.722. The number of rotatable bonds is 7. The Morgan fingerprint density at radius 1 is 1.18 bits per heavy atom. The Kier molecular flexibility index (Phi) is 6.40. The number of aliphatic hydroxyl groups is 1. The molecule has 1 fully saturated rings. The molecule has 22 heavy (non-hydrogen) atoms. The minimum Gasteiger partial charge on any atom is -0.392 e. The largest absolute Gasteiger partial charge is 0.392 e. The lowest BCUT2D eigenvalue weighted by molar-refractivity contribution is -0.124. The van der Waals surface area contributed by atoms with Gasteiger partial charge in [0.2, 0.25) is 11.8 Å². The van der Waals surface area contributed by atoms with Crippen molar-refractivity contribution in [3.05, 3.63) is 29.8 Å². The second kappa shape index (κ2) is 8.54. The lowest BCUT2D eigenvalue weighted by Crippen LogP contribution is -2.32. The number of nitrogens with one attached hydrogen (secondary N) is 2. The summed E-state index contributed by atoms with van der Waals surface area (Å²) in [6.07, 6.45) is 6.44. The molecule has 1 aliphatic carbocycles. The van der Waals surface area contributed by atoms with Crippen molar-refractivity contribution >= 4 is 17.5 Å². The summed E-state index contributed by atoms with van der Waals surface area (Å²) in [5.41, 5.74) is 1.36. The Balaban J connectivity index is 1.66. The second-order valence-corrected chi connectivity index (χ2v) is 5.87. The van der Waals surface area contributed by atoms with Crippen LogP contribution in [0.4, 0.5) is 5.69 Å². The van der Waals surface area contributed by atoms with Gasteiger partial charge in [0, 0.05) is 12.1 Å². The van der Waals surface area contributed by atoms with E-state index in [9.17, 15) is 9.59 Å². The molecular weight excluding hydrogens is 280 g/mol. The Hall–Kier alpha value is -1.88. The van der Waals surface area contributed by atoms with Gasteiger partial charge in [-0.15, -0.1) is 0 Å². The van der Waals surface area contributed by atoms with Crippen LogP contribution >= 0.6 is 0 Å². The van der Waals surface area contributed by atoms with E-state index in [1.54, 1.807) is 24.3 Å². The molecule has 0 unspecified atom stereocenters. The third-order valence-electron chi connectivity index (χ3n) is 4.09. The van der Waals surface area contributed by atoms with Crippen molar-refractivity contribution in [3.63, 3.8) is 0 Å². The number of hydrogen-bond donors (Lipinski definition) is 3. The molecule has 5 nitrogen and oxygen atoms in total. The molecule has 120 valence electrons. The number of benzene rings is 1. The van der Waals surface area contributed by atoms with Crippen molar-refractivity contribution < 1.29 is 14.7 Å². The lowest BCUT2D eigenvalue weighted by atomic mass is 10.0. The van der Waals surface area contributed by atoms with Gasteiger partial charge in [-0.1, -0.05) is 37.8 Å². The van der Waals surface area contributed by atoms with Gasteiger partial charge in [0.25, 0.3) is 0 Å². The van der Waals surface area contributed by atoms with Gasteiger partial charge in [0.1, 0.15) is 0 Å². The normalized spacial score (nSPS) is 14.8. The molecule has 2 rings (SSSR count). The van der Waals surface area contributed by atoms with Gasteiger partial charge in [-0.3, -0.25) is 9.59 Å². The summed E-state index contributed by atoms with van der Waals surface area (Å²) in [6, 6.07) is 7.00. The highest BCUT2D eigenvalue weighted by Gasteiger charge is 2.16. The van der Waals surface area contributed by atoms with Gasteiger partial charge in [0.05, 0.1) is 13.2 Å². The third kappa shape index (κ3) is 5.48. The van der Waals surface area contributed by atoms with Crippen molar-refractivity contribution in [1.82, 2.24) is 5.32 Å². The standard InChI is InChI=1S/C17H24N2O3/c20-12-14-6-3-7-15(10-14)19-17(22)11-18-16(21)9-8-13-4-1-2-5-13/h3,6-7,10,13,20H,1-2,4-5,8-9,11-12H2,(H,18,21)(H,19,22). The highest BCUT2D eigenvalue weighted by atomic mass is 16.3. The van der Waals surface area contributed by atoms with E-state index >= 15 is 0 Å². The minimum atomic E-state index is -0.260. The van der Waals surface area contributed by atoms with Crippen LogP contribution in [0.15, 0.2) is 24.3 Å². The van der Waals surface area contributed by atoms with E-state index in [1.807, 2.05) is 0 Å². The van der Waals surface area contributed by atoms with Crippen LogP contribution in [0.1, 0.15) is 44.1 Å². The van der Waals surface area contributed by atoms with E-state index in [4.69, 9.17) is 5.11 Å². The predicted octanol–water partition coefficient (Wildman–Crippen LogP) is 2.20. The van der Waals surface area contributed by atoms with Crippen LogP contribution in [0.5, 0.6) is 0 Å². The van der Waals surface area contributed by atoms with Crippen LogP contribution < -0.4 is 10.6 Å². The van der Waals surface area contributed by atoms with Gasteiger partial charge >= 0.3 is 0 Å². The zero-order valence-electron chi connectivity index (χ0n) is 12.8. The molecule has 0 spiro atoms. The maximum Gasteiger partial charge on any atom is 0.243 e. The van der Waals surface area contributed by atoms with Gasteiger partial charge in [0.15, 0.2) is 0 Å². The molecule has 2 amide bonds. The first-order valence-corrected chi connectivity index (χ1v) is 7.93. The fraction of sp³-hybridized carbons (Fsp3) is 0.529. The summed E-state index contributed by atoms with van der Waals surface area (Å²) in [6.45, 7) is -0.0888. The molecular formula is C17H24N2O3. The fourth-order valence-electron chi connectivity index (χ4n) is 2.85. The minimum absolute atomic E-state index is 0.0210. The maximum absolute atomic E-state index is 11.8. The lowest BCUT2D eigenvalue weighted by Gasteiger charge is -2.10. The zero-order valence-corrected chi connectivity index (χ0v) is 12.8. The Bertz CT molecular complexity index is 510. The summed E-state index contributed by atoms with van der Waals surface area (Å²) in [7, 11) is 0. The van der Waals surface area contributed by atoms with Gasteiger partial charge < -0.3 is 15.7 Å². The molecule has 1 aromatic carbocycles. The van der Waals surface area contributed by atoms with Crippen molar-refractivity contribution in [3.8, 4) is 0 Å². The smallest absolute Gasteiger partial charge is 0.243 e. The van der Waals surface area contributed by atoms with Crippen molar-refractivity contribution in [2.45, 2.75) is 45.1 Å². The average molecular weight is 304 g/mol. The summed E-state index contributed by atoms with van der Waals surface area (Å²) >= 11 is 0. The number of hydrogen-bond acceptors (Lipinski definition) is 3. The molecule has 3 N–H and O–H groups in total. The van der Waals surface area contributed by atoms with E-state index in [0.717, 1.165) is 12.0 Å². The Labute approximate surface area is 131 Å². The first-order chi connectivity index (χ1) is 10.7. The number of anilines is 1. The van der Waals surface area contributed by atoms with Crippen molar-refractivity contribution in [2.24, 2.45) is 5.92 Å². The van der Waals surface area contributed by atoms with E-state index < -0.39 is 0 Å². The molecule has 0 heterocycles. The van der Waals surface area contributed by atoms with E-state index in [-0.39, 0.29) is 25.0 Å². The predicted molar refractivity (Wildman–Crippen MR) is 85.2 cm³/mol. The Morgan fingerprint density at radius 2 is 1.95 bits per heavy atom. The second-order valence-electron chi connectivity index (χ2n) is 5.87. The molecule has 1 saturated carbocycles. The van der Waals surface area contributed by atoms with E-state index in [2.05, 4.69) is 10.6 Å². The molecule has 0 aliphatic heterocycles. The molecule has 0 aromatic heterocycles. The molecule has 0 bridgehead atoms. The van der Waals surface area contributed by atoms with Crippen LogP contribution in [-0.2, 0) is 16.2 Å². The van der Waals surface area contributed by atoms with Crippen LogP contribution in [-0.4, -0.2) is 23.5 Å². The van der Waals surface area contributed by atoms with Gasteiger partial charge in [-0.2, -0.15) is 0 Å². The van der Waals surface area contributed by atoms with Crippen LogP contribution in [0, 0.1) is 5.92 Å². The number of carbonyl (C=O) groups excluding carboxylic acids is 2. The average Bonchev–Trinajstić information content (AvgIpc) is 3.04. The fourth-order valence-corrected chi connectivity index (χ4v) is 2.85. The number of amides is 2. The third-order valence-corrected chi connectivity index (χ3v) is 4.09. The Morgan fingerprint density at radius 3 is 2.68 bits per heavy atom. The first kappa shape index (κ1) is 16.5. The molecule has 0 atom stereocenters. The van der Waals surface area contributed by atoms with Crippen LogP contribution in [0.25, 0.3) is 0 Å². The van der Waals surface area contributed by atoms with Crippen LogP contribution in [0.3, 0.4) is 0 Å². The molecule has 1 aliphatic rings. The first-order valence-electron chi connectivity index (χ1n) is 7.93. The topological polar surface area (TPSA) is 78.4 Å². The summed E-state index contributed by atoms with van der Waals surface area (Å²) in [5.74, 6) is 0.358. The van der Waals surface area contributed by atoms with Crippen LogP contribution in [0.2, 0.25) is 0 Å². The number of aliphatic hydroxyl groups excluding tert-OH is 1. The summed E-state index contributed by atoms with van der Waals surface area (Å²) in [4.78, 5) is 23.5.